The number of ether oxygens (including phenoxy) is 1. The van der Waals surface area contributed by atoms with Crippen molar-refractivity contribution in [3.8, 4) is 5.69 Å². The first-order chi connectivity index (χ1) is 15.2. The summed E-state index contributed by atoms with van der Waals surface area (Å²) in [4.78, 5) is 27.8. The van der Waals surface area contributed by atoms with Crippen molar-refractivity contribution in [1.82, 2.24) is 14.7 Å². The standard InChI is InChI=1S/C23H20N4O4/c28-22(16-14-24-27(15-16)17-6-2-1-3-7-17)25-20-18-8-4-5-9-19(18)31-21(20)23(29)26-10-12-30-13-11-26/h1-9,14-15H,10-13H2,(H,25,28). The molecule has 8 heteroatoms. The summed E-state index contributed by atoms with van der Waals surface area (Å²) in [7, 11) is 0. The van der Waals surface area contributed by atoms with E-state index < -0.39 is 0 Å². The van der Waals surface area contributed by atoms with Gasteiger partial charge in [0.15, 0.2) is 0 Å². The summed E-state index contributed by atoms with van der Waals surface area (Å²) in [5.41, 5.74) is 2.12. The van der Waals surface area contributed by atoms with Gasteiger partial charge in [0.05, 0.1) is 30.7 Å². The van der Waals surface area contributed by atoms with E-state index in [1.807, 2.05) is 48.5 Å². The van der Waals surface area contributed by atoms with Crippen LogP contribution in [-0.2, 0) is 4.74 Å². The number of nitrogens with zero attached hydrogens (tertiary/aromatic N) is 3. The number of carbonyl (C=O) groups is 2. The Morgan fingerprint density at radius 2 is 1.71 bits per heavy atom. The summed E-state index contributed by atoms with van der Waals surface area (Å²) in [5.74, 6) is -0.522. The van der Waals surface area contributed by atoms with Gasteiger partial charge < -0.3 is 19.4 Å². The first-order valence-electron chi connectivity index (χ1n) is 10.0. The number of furan rings is 1. The van der Waals surface area contributed by atoms with Gasteiger partial charge in [0.2, 0.25) is 5.76 Å². The Hall–Kier alpha value is -3.91. The summed E-state index contributed by atoms with van der Waals surface area (Å²) in [6.45, 7) is 1.92. The Morgan fingerprint density at radius 1 is 0.968 bits per heavy atom. The first kappa shape index (κ1) is 19.1. The molecule has 2 aromatic carbocycles. The quantitative estimate of drug-likeness (QED) is 0.551. The molecule has 0 saturated carbocycles. The molecule has 4 aromatic rings. The predicted molar refractivity (Wildman–Crippen MR) is 114 cm³/mol. The highest BCUT2D eigenvalue weighted by Gasteiger charge is 2.28. The van der Waals surface area contributed by atoms with E-state index in [2.05, 4.69) is 10.4 Å². The Bertz CT molecular complexity index is 1240. The Balaban J connectivity index is 1.46. The third-order valence-corrected chi connectivity index (χ3v) is 5.19. The fourth-order valence-corrected chi connectivity index (χ4v) is 3.58. The van der Waals surface area contributed by atoms with Gasteiger partial charge in [0.25, 0.3) is 11.8 Å². The van der Waals surface area contributed by atoms with Crippen LogP contribution in [0.4, 0.5) is 5.69 Å². The van der Waals surface area contributed by atoms with Crippen molar-refractivity contribution in [1.29, 1.82) is 0 Å². The van der Waals surface area contributed by atoms with Crippen LogP contribution in [0.1, 0.15) is 20.9 Å². The lowest BCUT2D eigenvalue weighted by Gasteiger charge is -2.26. The Kier molecular flexibility index (Phi) is 4.97. The molecule has 0 aliphatic carbocycles. The van der Waals surface area contributed by atoms with Gasteiger partial charge in [0.1, 0.15) is 11.3 Å². The number of rotatable bonds is 4. The van der Waals surface area contributed by atoms with Gasteiger partial charge in [-0.15, -0.1) is 0 Å². The molecule has 5 rings (SSSR count). The van der Waals surface area contributed by atoms with Crippen molar-refractivity contribution < 1.29 is 18.7 Å². The van der Waals surface area contributed by atoms with E-state index >= 15 is 0 Å². The number of fused-ring (bicyclic) bond motifs is 1. The van der Waals surface area contributed by atoms with E-state index in [4.69, 9.17) is 9.15 Å². The van der Waals surface area contributed by atoms with E-state index in [1.165, 1.54) is 6.20 Å². The van der Waals surface area contributed by atoms with Crippen LogP contribution >= 0.6 is 0 Å². The molecule has 1 fully saturated rings. The minimum absolute atomic E-state index is 0.118. The predicted octanol–water partition coefficient (Wildman–Crippen LogP) is 3.34. The maximum absolute atomic E-state index is 13.1. The highest BCUT2D eigenvalue weighted by Crippen LogP contribution is 2.32. The normalized spacial score (nSPS) is 14.0. The lowest BCUT2D eigenvalue weighted by molar-refractivity contribution is 0.0285. The summed E-state index contributed by atoms with van der Waals surface area (Å²) in [6.07, 6.45) is 3.14. The van der Waals surface area contributed by atoms with Gasteiger partial charge in [-0.05, 0) is 24.3 Å². The molecule has 2 aromatic heterocycles. The second-order valence-corrected chi connectivity index (χ2v) is 7.17. The van der Waals surface area contributed by atoms with E-state index in [0.717, 1.165) is 5.69 Å². The minimum Gasteiger partial charge on any atom is -0.449 e. The first-order valence-corrected chi connectivity index (χ1v) is 10.0. The second kappa shape index (κ2) is 8.08. The molecule has 0 bridgehead atoms. The number of carbonyl (C=O) groups excluding carboxylic acids is 2. The topological polar surface area (TPSA) is 89.6 Å². The van der Waals surface area contributed by atoms with E-state index in [1.54, 1.807) is 21.8 Å². The van der Waals surface area contributed by atoms with Crippen LogP contribution < -0.4 is 5.32 Å². The number of hydrogen-bond acceptors (Lipinski definition) is 5. The highest BCUT2D eigenvalue weighted by atomic mass is 16.5. The van der Waals surface area contributed by atoms with Crippen molar-refractivity contribution in [2.75, 3.05) is 31.6 Å². The summed E-state index contributed by atoms with van der Waals surface area (Å²) in [6, 6.07) is 16.8. The maximum Gasteiger partial charge on any atom is 0.291 e. The van der Waals surface area contributed by atoms with Gasteiger partial charge in [-0.25, -0.2) is 4.68 Å². The molecule has 2 amide bonds. The van der Waals surface area contributed by atoms with Gasteiger partial charge in [-0.3, -0.25) is 9.59 Å². The molecule has 3 heterocycles. The van der Waals surface area contributed by atoms with Gasteiger partial charge in [0, 0.05) is 24.7 Å². The zero-order valence-corrected chi connectivity index (χ0v) is 16.7. The fourth-order valence-electron chi connectivity index (χ4n) is 3.58. The zero-order valence-electron chi connectivity index (χ0n) is 16.7. The van der Waals surface area contributed by atoms with Crippen LogP contribution in [0.15, 0.2) is 71.4 Å². The molecule has 0 atom stereocenters. The molecule has 8 nitrogen and oxygen atoms in total. The van der Waals surface area contributed by atoms with Crippen LogP contribution in [-0.4, -0.2) is 52.8 Å². The number of para-hydroxylation sites is 2. The van der Waals surface area contributed by atoms with Crippen molar-refractivity contribution in [3.05, 3.63) is 78.3 Å². The smallest absolute Gasteiger partial charge is 0.291 e. The summed E-state index contributed by atoms with van der Waals surface area (Å²) in [5, 5.41) is 7.81. The summed E-state index contributed by atoms with van der Waals surface area (Å²) < 4.78 is 12.8. The van der Waals surface area contributed by atoms with Crippen molar-refractivity contribution in [2.24, 2.45) is 0 Å². The third-order valence-electron chi connectivity index (χ3n) is 5.19. The third kappa shape index (κ3) is 3.69. The van der Waals surface area contributed by atoms with E-state index in [-0.39, 0.29) is 17.6 Å². The number of aromatic nitrogens is 2. The Morgan fingerprint density at radius 3 is 2.52 bits per heavy atom. The van der Waals surface area contributed by atoms with Crippen LogP contribution in [0.3, 0.4) is 0 Å². The second-order valence-electron chi connectivity index (χ2n) is 7.17. The zero-order chi connectivity index (χ0) is 21.2. The van der Waals surface area contributed by atoms with Crippen LogP contribution in [0.25, 0.3) is 16.7 Å². The van der Waals surface area contributed by atoms with Crippen molar-refractivity contribution >= 4 is 28.5 Å². The molecular weight excluding hydrogens is 396 g/mol. The maximum atomic E-state index is 13.1. The molecule has 156 valence electrons. The van der Waals surface area contributed by atoms with E-state index in [9.17, 15) is 9.59 Å². The van der Waals surface area contributed by atoms with Crippen LogP contribution in [0.5, 0.6) is 0 Å². The molecule has 31 heavy (non-hydrogen) atoms. The lowest BCUT2D eigenvalue weighted by Crippen LogP contribution is -2.40. The van der Waals surface area contributed by atoms with Crippen LogP contribution in [0.2, 0.25) is 0 Å². The average Bonchev–Trinajstić information content (AvgIpc) is 3.46. The molecule has 0 radical (unpaired) electrons. The monoisotopic (exact) mass is 416 g/mol. The van der Waals surface area contributed by atoms with Gasteiger partial charge in [-0.2, -0.15) is 5.10 Å². The number of benzene rings is 2. The van der Waals surface area contributed by atoms with Gasteiger partial charge in [-0.1, -0.05) is 30.3 Å². The molecule has 0 unspecified atom stereocenters. The van der Waals surface area contributed by atoms with E-state index in [0.29, 0.717) is 48.5 Å². The Labute approximate surface area is 178 Å². The summed E-state index contributed by atoms with van der Waals surface area (Å²) >= 11 is 0. The lowest BCUT2D eigenvalue weighted by atomic mass is 10.2. The highest BCUT2D eigenvalue weighted by molar-refractivity contribution is 6.14. The molecule has 0 spiro atoms. The molecule has 1 N–H and O–H groups in total. The minimum atomic E-state index is -0.371. The van der Waals surface area contributed by atoms with Crippen molar-refractivity contribution in [2.45, 2.75) is 0 Å². The number of morpholine rings is 1. The average molecular weight is 416 g/mol. The molecule has 1 aliphatic rings. The van der Waals surface area contributed by atoms with Crippen LogP contribution in [0, 0.1) is 0 Å². The SMILES string of the molecule is O=C(Nc1c(C(=O)N2CCOCC2)oc2ccccc12)c1cnn(-c2ccccc2)c1. The number of anilines is 1. The number of amides is 2. The van der Waals surface area contributed by atoms with Crippen molar-refractivity contribution in [3.63, 3.8) is 0 Å². The largest absolute Gasteiger partial charge is 0.449 e. The fraction of sp³-hybridized carbons (Fsp3) is 0.174. The number of hydrogen-bond donors (Lipinski definition) is 1. The molecule has 1 saturated heterocycles. The number of nitrogens with one attached hydrogen (secondary N) is 1. The molecule has 1 aliphatic heterocycles. The molecular formula is C23H20N4O4. The van der Waals surface area contributed by atoms with Gasteiger partial charge >= 0.3 is 0 Å².